The van der Waals surface area contributed by atoms with Gasteiger partial charge in [-0.2, -0.15) is 0 Å². The van der Waals surface area contributed by atoms with Crippen molar-refractivity contribution in [2.75, 3.05) is 10.8 Å². The molecule has 0 aliphatic rings. The zero-order valence-corrected chi connectivity index (χ0v) is 19.6. The Balaban J connectivity index is 1.90. The van der Waals surface area contributed by atoms with Crippen LogP contribution in [0.3, 0.4) is 0 Å². The number of anilines is 1. The van der Waals surface area contributed by atoms with Gasteiger partial charge in [-0.15, -0.1) is 0 Å². The normalized spacial score (nSPS) is 11.2. The van der Waals surface area contributed by atoms with Crippen molar-refractivity contribution < 1.29 is 13.2 Å². The van der Waals surface area contributed by atoms with Crippen LogP contribution in [0.25, 0.3) is 0 Å². The van der Waals surface area contributed by atoms with E-state index in [-0.39, 0.29) is 27.2 Å². The Morgan fingerprint density at radius 1 is 0.935 bits per heavy atom. The third-order valence-electron chi connectivity index (χ3n) is 4.50. The van der Waals surface area contributed by atoms with Crippen LogP contribution in [0.1, 0.15) is 11.1 Å². The summed E-state index contributed by atoms with van der Waals surface area (Å²) in [5.41, 5.74) is 1.86. The van der Waals surface area contributed by atoms with Crippen LogP contribution in [-0.2, 0) is 21.4 Å². The van der Waals surface area contributed by atoms with Crippen molar-refractivity contribution in [2.24, 2.45) is 0 Å². The number of nitrogens with zero attached hydrogens (tertiary/aromatic N) is 1. The maximum Gasteiger partial charge on any atom is 0.264 e. The summed E-state index contributed by atoms with van der Waals surface area (Å²) >= 11 is 18.3. The Bertz CT molecular complexity index is 1180. The highest BCUT2D eigenvalue weighted by molar-refractivity contribution is 7.92. The van der Waals surface area contributed by atoms with Gasteiger partial charge in [-0.05, 0) is 48.9 Å². The molecule has 0 heterocycles. The number of carbonyl (C=O) groups is 1. The average Bonchev–Trinajstić information content (AvgIpc) is 2.74. The monoisotopic (exact) mass is 496 g/mol. The van der Waals surface area contributed by atoms with E-state index in [0.29, 0.717) is 5.02 Å². The molecule has 0 aromatic heterocycles. The van der Waals surface area contributed by atoms with Gasteiger partial charge in [-0.25, -0.2) is 8.42 Å². The van der Waals surface area contributed by atoms with E-state index < -0.39 is 22.5 Å². The summed E-state index contributed by atoms with van der Waals surface area (Å²) in [5.74, 6) is -0.498. The van der Waals surface area contributed by atoms with Crippen LogP contribution in [0.15, 0.2) is 71.6 Å². The first-order valence-corrected chi connectivity index (χ1v) is 11.8. The van der Waals surface area contributed by atoms with Gasteiger partial charge in [0.1, 0.15) is 6.54 Å². The molecule has 0 aliphatic heterocycles. The quantitative estimate of drug-likeness (QED) is 0.471. The number of hydrogen-bond acceptors (Lipinski definition) is 3. The molecular weight excluding hydrogens is 479 g/mol. The van der Waals surface area contributed by atoms with E-state index >= 15 is 0 Å². The first kappa shape index (κ1) is 23.4. The van der Waals surface area contributed by atoms with Gasteiger partial charge in [0.25, 0.3) is 10.0 Å². The van der Waals surface area contributed by atoms with E-state index in [4.69, 9.17) is 34.8 Å². The van der Waals surface area contributed by atoms with Gasteiger partial charge < -0.3 is 5.32 Å². The van der Waals surface area contributed by atoms with Crippen molar-refractivity contribution >= 4 is 56.4 Å². The topological polar surface area (TPSA) is 66.5 Å². The van der Waals surface area contributed by atoms with E-state index in [2.05, 4.69) is 5.32 Å². The fourth-order valence-electron chi connectivity index (χ4n) is 2.81. The molecule has 0 atom stereocenters. The first-order chi connectivity index (χ1) is 14.7. The molecule has 1 amide bonds. The molecular formula is C22H19Cl3N2O3S. The Kier molecular flexibility index (Phi) is 7.49. The van der Waals surface area contributed by atoms with E-state index in [1.165, 1.54) is 18.2 Å². The molecule has 1 N–H and O–H groups in total. The van der Waals surface area contributed by atoms with Gasteiger partial charge in [-0.1, -0.05) is 70.7 Å². The number of sulfonamides is 1. The number of carbonyl (C=O) groups excluding carboxylic acids is 1. The SMILES string of the molecule is Cc1ccc(S(=O)(=O)N(CC(=O)NCc2ccc(Cl)cc2)c2cccc(Cl)c2Cl)cc1. The molecule has 3 aromatic carbocycles. The molecule has 3 rings (SSSR count). The van der Waals surface area contributed by atoms with Crippen molar-refractivity contribution in [2.45, 2.75) is 18.4 Å². The number of halogens is 3. The number of rotatable bonds is 7. The van der Waals surface area contributed by atoms with Crippen LogP contribution in [-0.4, -0.2) is 20.9 Å². The van der Waals surface area contributed by atoms with Gasteiger partial charge >= 0.3 is 0 Å². The summed E-state index contributed by atoms with van der Waals surface area (Å²) in [7, 11) is -4.08. The Labute approximate surface area is 196 Å². The van der Waals surface area contributed by atoms with E-state index in [1.54, 1.807) is 48.5 Å². The lowest BCUT2D eigenvalue weighted by Crippen LogP contribution is -2.40. The second kappa shape index (κ2) is 9.92. The second-order valence-corrected chi connectivity index (χ2v) is 9.88. The van der Waals surface area contributed by atoms with Gasteiger partial charge in [0.2, 0.25) is 5.91 Å². The summed E-state index contributed by atoms with van der Waals surface area (Å²) < 4.78 is 27.7. The maximum absolute atomic E-state index is 13.4. The minimum atomic E-state index is -4.08. The lowest BCUT2D eigenvalue weighted by Gasteiger charge is -2.25. The number of amides is 1. The third kappa shape index (κ3) is 5.71. The summed E-state index contributed by atoms with van der Waals surface area (Å²) in [6.07, 6.45) is 0. The molecule has 3 aromatic rings. The number of hydrogen-bond donors (Lipinski definition) is 1. The Hall–Kier alpha value is -2.25. The Morgan fingerprint density at radius 2 is 1.58 bits per heavy atom. The molecule has 5 nitrogen and oxygen atoms in total. The summed E-state index contributed by atoms with van der Waals surface area (Å²) in [4.78, 5) is 12.7. The predicted molar refractivity (Wildman–Crippen MR) is 125 cm³/mol. The molecule has 0 fully saturated rings. The largest absolute Gasteiger partial charge is 0.350 e. The summed E-state index contributed by atoms with van der Waals surface area (Å²) in [5, 5.41) is 3.54. The summed E-state index contributed by atoms with van der Waals surface area (Å²) in [6, 6.07) is 17.9. The molecule has 0 spiro atoms. The number of nitrogens with one attached hydrogen (secondary N) is 1. The van der Waals surface area contributed by atoms with Gasteiger partial charge in [0, 0.05) is 11.6 Å². The van der Waals surface area contributed by atoms with Crippen molar-refractivity contribution in [3.63, 3.8) is 0 Å². The number of benzene rings is 3. The van der Waals surface area contributed by atoms with E-state index in [1.807, 2.05) is 6.92 Å². The van der Waals surface area contributed by atoms with E-state index in [9.17, 15) is 13.2 Å². The standard InChI is InChI=1S/C22H19Cl3N2O3S/c1-15-5-11-18(12-6-15)31(29,30)27(20-4-2-3-19(24)22(20)25)14-21(28)26-13-16-7-9-17(23)10-8-16/h2-12H,13-14H2,1H3,(H,26,28). The molecule has 0 saturated heterocycles. The fourth-order valence-corrected chi connectivity index (χ4v) is 4.82. The zero-order chi connectivity index (χ0) is 22.6. The van der Waals surface area contributed by atoms with Crippen LogP contribution < -0.4 is 9.62 Å². The highest BCUT2D eigenvalue weighted by Gasteiger charge is 2.29. The smallest absolute Gasteiger partial charge is 0.264 e. The van der Waals surface area contributed by atoms with Crippen LogP contribution in [0.2, 0.25) is 15.1 Å². The predicted octanol–water partition coefficient (Wildman–Crippen LogP) is 5.47. The lowest BCUT2D eigenvalue weighted by atomic mass is 10.2. The van der Waals surface area contributed by atoms with Crippen molar-refractivity contribution in [1.82, 2.24) is 5.32 Å². The molecule has 0 saturated carbocycles. The molecule has 162 valence electrons. The second-order valence-electron chi connectivity index (χ2n) is 6.80. The number of aryl methyl sites for hydroxylation is 1. The first-order valence-electron chi connectivity index (χ1n) is 9.23. The van der Waals surface area contributed by atoms with Crippen LogP contribution >= 0.6 is 34.8 Å². The van der Waals surface area contributed by atoms with Gasteiger partial charge in [0.05, 0.1) is 20.6 Å². The molecule has 0 bridgehead atoms. The van der Waals surface area contributed by atoms with Crippen LogP contribution in [0.4, 0.5) is 5.69 Å². The van der Waals surface area contributed by atoms with Crippen molar-refractivity contribution in [3.05, 3.63) is 92.9 Å². The third-order valence-corrected chi connectivity index (χ3v) is 7.33. The average molecular weight is 498 g/mol. The maximum atomic E-state index is 13.4. The van der Waals surface area contributed by atoms with Gasteiger partial charge in [0.15, 0.2) is 0 Å². The molecule has 31 heavy (non-hydrogen) atoms. The van der Waals surface area contributed by atoms with Gasteiger partial charge in [-0.3, -0.25) is 9.10 Å². The Morgan fingerprint density at radius 3 is 2.23 bits per heavy atom. The molecule has 0 unspecified atom stereocenters. The fraction of sp³-hybridized carbons (Fsp3) is 0.136. The van der Waals surface area contributed by atoms with Crippen LogP contribution in [0.5, 0.6) is 0 Å². The highest BCUT2D eigenvalue weighted by atomic mass is 35.5. The minimum Gasteiger partial charge on any atom is -0.350 e. The van der Waals surface area contributed by atoms with E-state index in [0.717, 1.165) is 15.4 Å². The van der Waals surface area contributed by atoms with Crippen molar-refractivity contribution in [1.29, 1.82) is 0 Å². The molecule has 0 aliphatic carbocycles. The highest BCUT2D eigenvalue weighted by Crippen LogP contribution is 2.35. The molecule has 9 heteroatoms. The zero-order valence-electron chi connectivity index (χ0n) is 16.5. The van der Waals surface area contributed by atoms with Crippen molar-refractivity contribution in [3.8, 4) is 0 Å². The lowest BCUT2D eigenvalue weighted by molar-refractivity contribution is -0.119. The molecule has 0 radical (unpaired) electrons. The minimum absolute atomic E-state index is 0.0413. The summed E-state index contributed by atoms with van der Waals surface area (Å²) in [6.45, 7) is 1.60. The van der Waals surface area contributed by atoms with Crippen LogP contribution in [0, 0.1) is 6.92 Å².